The Morgan fingerprint density at radius 1 is 1.08 bits per heavy atom. The lowest BCUT2D eigenvalue weighted by molar-refractivity contribution is 0.122. The van der Waals surface area contributed by atoms with E-state index in [1.165, 1.54) is 0 Å². The maximum absolute atomic E-state index is 5.50. The molecule has 1 aliphatic heterocycles. The number of halogens is 1. The van der Waals surface area contributed by atoms with Crippen LogP contribution in [0.2, 0.25) is 0 Å². The zero-order chi connectivity index (χ0) is 17.2. The molecule has 0 aliphatic carbocycles. The minimum atomic E-state index is 0.675. The van der Waals surface area contributed by atoms with Crippen molar-refractivity contribution in [2.45, 2.75) is 0 Å². The summed E-state index contributed by atoms with van der Waals surface area (Å²) in [5.41, 5.74) is 1.81. The van der Waals surface area contributed by atoms with Crippen LogP contribution < -0.4 is 9.64 Å². The average molecular weight is 400 g/mol. The summed E-state index contributed by atoms with van der Waals surface area (Å²) in [5, 5.41) is 1.04. The molecule has 0 bridgehead atoms. The van der Waals surface area contributed by atoms with Crippen molar-refractivity contribution >= 4 is 32.7 Å². The van der Waals surface area contributed by atoms with Crippen molar-refractivity contribution in [1.82, 2.24) is 9.97 Å². The number of aromatic nitrogens is 2. The fourth-order valence-electron chi connectivity index (χ4n) is 3.05. The first-order valence-electron chi connectivity index (χ1n) is 8.19. The van der Waals surface area contributed by atoms with Crippen molar-refractivity contribution in [2.75, 3.05) is 38.3 Å². The molecule has 1 saturated heterocycles. The molecule has 0 amide bonds. The van der Waals surface area contributed by atoms with Crippen molar-refractivity contribution < 1.29 is 9.47 Å². The number of hydrogen-bond acceptors (Lipinski definition) is 5. The summed E-state index contributed by atoms with van der Waals surface area (Å²) < 4.78 is 12.0. The van der Waals surface area contributed by atoms with E-state index in [0.29, 0.717) is 19.0 Å². The van der Waals surface area contributed by atoms with Crippen LogP contribution in [0.3, 0.4) is 0 Å². The third-order valence-corrected chi connectivity index (χ3v) is 4.79. The van der Waals surface area contributed by atoms with Gasteiger partial charge in [-0.05, 0) is 30.3 Å². The summed E-state index contributed by atoms with van der Waals surface area (Å²) >= 11 is 3.56. The highest BCUT2D eigenvalue weighted by molar-refractivity contribution is 9.10. The number of fused-ring (bicyclic) bond motifs is 1. The van der Waals surface area contributed by atoms with Crippen LogP contribution >= 0.6 is 15.9 Å². The number of nitrogens with zero attached hydrogens (tertiary/aromatic N) is 3. The fraction of sp³-hybridized carbons (Fsp3) is 0.263. The Kier molecular flexibility index (Phi) is 4.55. The second kappa shape index (κ2) is 6.98. The maximum atomic E-state index is 5.50. The Morgan fingerprint density at radius 3 is 2.68 bits per heavy atom. The number of ether oxygens (including phenoxy) is 2. The lowest BCUT2D eigenvalue weighted by Crippen LogP contribution is -2.37. The topological polar surface area (TPSA) is 47.5 Å². The zero-order valence-corrected chi connectivity index (χ0v) is 15.5. The average Bonchev–Trinajstić information content (AvgIpc) is 2.68. The highest BCUT2D eigenvalue weighted by Gasteiger charge is 2.19. The molecule has 1 aliphatic rings. The number of rotatable bonds is 3. The van der Waals surface area contributed by atoms with Crippen molar-refractivity contribution in [2.24, 2.45) is 0 Å². The Bertz CT molecular complexity index is 910. The van der Waals surface area contributed by atoms with Gasteiger partial charge in [-0.2, -0.15) is 0 Å². The number of hydrogen-bond donors (Lipinski definition) is 0. The van der Waals surface area contributed by atoms with Crippen molar-refractivity contribution in [1.29, 1.82) is 0 Å². The first-order valence-corrected chi connectivity index (χ1v) is 8.99. The summed E-state index contributed by atoms with van der Waals surface area (Å²) in [7, 11) is 1.67. The Balaban J connectivity index is 1.93. The monoisotopic (exact) mass is 399 g/mol. The van der Waals surface area contributed by atoms with E-state index in [2.05, 4.69) is 26.9 Å². The van der Waals surface area contributed by atoms with E-state index in [9.17, 15) is 0 Å². The Hall–Kier alpha value is -2.18. The minimum Gasteiger partial charge on any atom is -0.496 e. The van der Waals surface area contributed by atoms with Gasteiger partial charge in [0.05, 0.1) is 31.4 Å². The van der Waals surface area contributed by atoms with Crippen LogP contribution in [-0.2, 0) is 4.74 Å². The minimum absolute atomic E-state index is 0.675. The number of para-hydroxylation sites is 1. The lowest BCUT2D eigenvalue weighted by Gasteiger charge is -2.29. The smallest absolute Gasteiger partial charge is 0.165 e. The molecule has 0 saturated carbocycles. The molecule has 5 nitrogen and oxygen atoms in total. The van der Waals surface area contributed by atoms with Crippen molar-refractivity contribution in [3.63, 3.8) is 0 Å². The molecule has 1 aromatic heterocycles. The van der Waals surface area contributed by atoms with E-state index >= 15 is 0 Å². The lowest BCUT2D eigenvalue weighted by atomic mass is 10.1. The van der Waals surface area contributed by atoms with Crippen LogP contribution in [0.4, 0.5) is 5.82 Å². The van der Waals surface area contributed by atoms with E-state index < -0.39 is 0 Å². The number of anilines is 1. The number of methoxy groups -OCH3 is 1. The summed E-state index contributed by atoms with van der Waals surface area (Å²) in [6.07, 6.45) is 0. The molecule has 2 aromatic carbocycles. The first-order chi connectivity index (χ1) is 12.3. The van der Waals surface area contributed by atoms with Crippen molar-refractivity contribution in [3.05, 3.63) is 46.9 Å². The van der Waals surface area contributed by atoms with Crippen LogP contribution in [-0.4, -0.2) is 43.4 Å². The van der Waals surface area contributed by atoms with Crippen LogP contribution in [0.15, 0.2) is 46.9 Å². The molecular weight excluding hydrogens is 382 g/mol. The van der Waals surface area contributed by atoms with Crippen LogP contribution in [0.25, 0.3) is 22.3 Å². The van der Waals surface area contributed by atoms with E-state index in [-0.39, 0.29) is 0 Å². The molecule has 0 N–H and O–H groups in total. The van der Waals surface area contributed by atoms with Crippen LogP contribution in [0.5, 0.6) is 5.75 Å². The van der Waals surface area contributed by atoms with Gasteiger partial charge in [-0.25, -0.2) is 9.97 Å². The largest absolute Gasteiger partial charge is 0.496 e. The van der Waals surface area contributed by atoms with Gasteiger partial charge in [-0.1, -0.05) is 28.1 Å². The van der Waals surface area contributed by atoms with Gasteiger partial charge in [-0.3, -0.25) is 0 Å². The quantitative estimate of drug-likeness (QED) is 0.668. The second-order valence-electron chi connectivity index (χ2n) is 5.83. The summed E-state index contributed by atoms with van der Waals surface area (Å²) in [6.45, 7) is 3.07. The first kappa shape index (κ1) is 16.3. The zero-order valence-electron chi connectivity index (χ0n) is 13.9. The van der Waals surface area contributed by atoms with Gasteiger partial charge in [0, 0.05) is 22.9 Å². The van der Waals surface area contributed by atoms with Gasteiger partial charge in [0.2, 0.25) is 0 Å². The molecule has 3 aromatic rings. The third-order valence-electron chi connectivity index (χ3n) is 4.30. The second-order valence-corrected chi connectivity index (χ2v) is 6.75. The van der Waals surface area contributed by atoms with E-state index in [1.807, 2.05) is 36.4 Å². The highest BCUT2D eigenvalue weighted by atomic mass is 79.9. The molecule has 2 heterocycles. The molecule has 1 fully saturated rings. The molecule has 128 valence electrons. The normalized spacial score (nSPS) is 14.7. The third kappa shape index (κ3) is 3.19. The predicted octanol–water partition coefficient (Wildman–Crippen LogP) is 3.90. The Morgan fingerprint density at radius 2 is 1.88 bits per heavy atom. The highest BCUT2D eigenvalue weighted by Crippen LogP contribution is 2.33. The van der Waals surface area contributed by atoms with Crippen molar-refractivity contribution in [3.8, 4) is 17.1 Å². The standard InChI is InChI=1S/C19H18BrN3O2/c1-24-17-5-3-2-4-14(17)18-21-16-7-6-13(20)12-15(16)19(22-18)23-8-10-25-11-9-23/h2-7,12H,8-11H2,1H3. The molecule has 0 atom stereocenters. The van der Waals surface area contributed by atoms with Gasteiger partial charge < -0.3 is 14.4 Å². The Labute approximate surface area is 154 Å². The number of benzene rings is 2. The molecule has 0 spiro atoms. The van der Waals surface area contributed by atoms with Gasteiger partial charge >= 0.3 is 0 Å². The molecule has 0 radical (unpaired) electrons. The van der Waals surface area contributed by atoms with Gasteiger partial charge in [-0.15, -0.1) is 0 Å². The van der Waals surface area contributed by atoms with E-state index in [4.69, 9.17) is 19.4 Å². The molecular formula is C19H18BrN3O2. The van der Waals surface area contributed by atoms with Crippen LogP contribution in [0.1, 0.15) is 0 Å². The summed E-state index contributed by atoms with van der Waals surface area (Å²) in [5.74, 6) is 2.39. The van der Waals surface area contributed by atoms with E-state index in [0.717, 1.165) is 45.6 Å². The molecule has 6 heteroatoms. The maximum Gasteiger partial charge on any atom is 0.165 e. The van der Waals surface area contributed by atoms with E-state index in [1.54, 1.807) is 7.11 Å². The van der Waals surface area contributed by atoms with Gasteiger partial charge in [0.25, 0.3) is 0 Å². The predicted molar refractivity (Wildman–Crippen MR) is 102 cm³/mol. The van der Waals surface area contributed by atoms with Gasteiger partial charge in [0.15, 0.2) is 5.82 Å². The molecule has 0 unspecified atom stereocenters. The summed E-state index contributed by atoms with van der Waals surface area (Å²) in [4.78, 5) is 11.9. The summed E-state index contributed by atoms with van der Waals surface area (Å²) in [6, 6.07) is 13.9. The fourth-order valence-corrected chi connectivity index (χ4v) is 3.41. The van der Waals surface area contributed by atoms with Gasteiger partial charge in [0.1, 0.15) is 11.6 Å². The molecule has 25 heavy (non-hydrogen) atoms. The van der Waals surface area contributed by atoms with Crippen LogP contribution in [0, 0.1) is 0 Å². The SMILES string of the molecule is COc1ccccc1-c1nc(N2CCOCC2)c2cc(Br)ccc2n1. The molecule has 4 rings (SSSR count). The number of morpholine rings is 1.